The minimum Gasteiger partial charge on any atom is -0.393 e. The number of aliphatic hydroxyl groups excluding tert-OH is 2. The van der Waals surface area contributed by atoms with Crippen LogP contribution in [0, 0.1) is 35.5 Å². The molecule has 432 valence electrons. The maximum Gasteiger partial charge on any atom is 0.243 e. The zero-order chi connectivity index (χ0) is 57.4. The molecule has 1 aliphatic carbocycles. The van der Waals surface area contributed by atoms with Gasteiger partial charge in [0.1, 0.15) is 17.9 Å². The Morgan fingerprint density at radius 2 is 1.18 bits per heavy atom. The summed E-state index contributed by atoms with van der Waals surface area (Å²) in [4.78, 5) is 141. The molecule has 1 aromatic carbocycles. The van der Waals surface area contributed by atoms with Gasteiger partial charge in [-0.3, -0.25) is 47.9 Å². The molecule has 2 aliphatic rings. The van der Waals surface area contributed by atoms with E-state index in [0.717, 1.165) is 0 Å². The van der Waals surface area contributed by atoms with E-state index in [2.05, 4.69) is 31.9 Å². The number of amides is 6. The number of hydrogen-bond donors (Lipinski definition) is 13. The first-order valence-corrected chi connectivity index (χ1v) is 27.4. The summed E-state index contributed by atoms with van der Waals surface area (Å²) in [6, 6.07) is 2.45. The van der Waals surface area contributed by atoms with Gasteiger partial charge >= 0.3 is 0 Å². The van der Waals surface area contributed by atoms with E-state index in [-0.39, 0.29) is 108 Å². The fourth-order valence-corrected chi connectivity index (χ4v) is 9.88. The summed E-state index contributed by atoms with van der Waals surface area (Å²) in [6.45, 7) is 5.67. The van der Waals surface area contributed by atoms with Gasteiger partial charge in [-0.15, -0.1) is 0 Å². The van der Waals surface area contributed by atoms with Gasteiger partial charge in [0.05, 0.1) is 42.2 Å². The van der Waals surface area contributed by atoms with Gasteiger partial charge in [0.15, 0.2) is 17.3 Å². The molecule has 23 heteroatoms. The summed E-state index contributed by atoms with van der Waals surface area (Å²) in [7, 11) is 0. The molecule has 1 saturated heterocycles. The maximum absolute atomic E-state index is 14.5. The van der Waals surface area contributed by atoms with Gasteiger partial charge < -0.3 is 70.8 Å². The Balaban J connectivity index is 2.10. The highest BCUT2D eigenvalue weighted by molar-refractivity contribution is 5.98. The number of nitrogens with two attached hydrogens (primary N) is 5. The minimum absolute atomic E-state index is 0.0193. The molecule has 0 radical (unpaired) electrons. The first-order chi connectivity index (χ1) is 36.5. The first kappa shape index (κ1) is 65.7. The number of rotatable bonds is 22. The van der Waals surface area contributed by atoms with Crippen molar-refractivity contribution in [3.63, 3.8) is 0 Å². The molecule has 2 fully saturated rings. The zero-order valence-electron chi connectivity index (χ0n) is 45.5. The van der Waals surface area contributed by atoms with Gasteiger partial charge in [0.25, 0.3) is 0 Å². The van der Waals surface area contributed by atoms with E-state index in [4.69, 9.17) is 28.7 Å². The SMILES string of the molecule is CC(C)C[C@@H]1NC(=O)[C@@H](Cc2ccccc2)CC(=O)[C@H](CCN)NC(=O)[C@@H](CC(=O)[C@H](CCN)NC(=O)[C@@H](CC(=O)C2CCC(N)CC2)C(C)O)CCNC(=O)[C@H](C(C)O)CC(=O)[C@H](CCN)NC(=O)[C@H](CCN)NC1=O. The number of nitrogens with one attached hydrogen (secondary N) is 6. The summed E-state index contributed by atoms with van der Waals surface area (Å²) in [5.41, 5.74) is 30.4. The van der Waals surface area contributed by atoms with Crippen molar-refractivity contribution in [3.05, 3.63) is 35.9 Å². The normalized spacial score (nSPS) is 26.7. The number of Topliss-reactive ketones (excluding diaryl/α,β-unsaturated/α-hetero) is 4. The van der Waals surface area contributed by atoms with Crippen molar-refractivity contribution in [2.45, 2.75) is 172 Å². The van der Waals surface area contributed by atoms with Crippen LogP contribution in [0.1, 0.15) is 123 Å². The van der Waals surface area contributed by atoms with Crippen LogP contribution in [0.4, 0.5) is 0 Å². The summed E-state index contributed by atoms with van der Waals surface area (Å²) in [5, 5.41) is 37.6. The monoisotopic (exact) mass is 1080 g/mol. The lowest BCUT2D eigenvalue weighted by Gasteiger charge is -2.28. The maximum atomic E-state index is 14.5. The molecular weight excluding hydrogens is 995 g/mol. The minimum atomic E-state index is -1.41. The molecule has 77 heavy (non-hydrogen) atoms. The van der Waals surface area contributed by atoms with Gasteiger partial charge in [0.2, 0.25) is 35.4 Å². The van der Waals surface area contributed by atoms with E-state index in [1.165, 1.54) is 13.8 Å². The van der Waals surface area contributed by atoms with Crippen molar-refractivity contribution >= 4 is 58.6 Å². The summed E-state index contributed by atoms with van der Waals surface area (Å²) >= 11 is 0. The third-order valence-electron chi connectivity index (χ3n) is 14.6. The average molecular weight is 1080 g/mol. The molecule has 1 aromatic rings. The van der Waals surface area contributed by atoms with Crippen molar-refractivity contribution < 1.29 is 58.2 Å². The predicted molar refractivity (Wildman–Crippen MR) is 287 cm³/mol. The van der Waals surface area contributed by atoms with Crippen molar-refractivity contribution in [1.29, 1.82) is 0 Å². The molecule has 11 atom stereocenters. The first-order valence-electron chi connectivity index (χ1n) is 27.4. The molecule has 1 saturated carbocycles. The summed E-state index contributed by atoms with van der Waals surface area (Å²) in [5.74, 6) is -12.2. The van der Waals surface area contributed by atoms with Gasteiger partial charge in [-0.2, -0.15) is 0 Å². The topological polar surface area (TPSA) is 413 Å². The van der Waals surface area contributed by atoms with Gasteiger partial charge in [-0.25, -0.2) is 0 Å². The third-order valence-corrected chi connectivity index (χ3v) is 14.6. The fourth-order valence-electron chi connectivity index (χ4n) is 9.88. The standard InChI is InChI=1S/C54H89N11O12/c1-30(2)24-44-54(77)64-43(17-22-58)53(76)63-42(16-21-57)48(71)29-38(31(3)66)51(74)60-23-18-35(49(72)61-40(14-19-55)47(70)27-36(50(73)65-44)25-33-8-6-5-7-9-33)26-46(69)41(15-20-56)62-52(75)39(32(4)67)28-45(68)34-10-12-37(59)13-11-34/h5-9,30-32,34-44,66-67H,10-29,55-59H2,1-4H3,(H,60,74)(H,61,72)(H,62,75)(H,63,76)(H,64,77)(H,65,73)/t31?,32?,34?,35-,36+,37?,38+,39+,40+,41+,42+,43+,44+/m1/s1. The summed E-state index contributed by atoms with van der Waals surface area (Å²) in [6.07, 6.45) is -2.62. The van der Waals surface area contributed by atoms with Crippen LogP contribution < -0.4 is 60.6 Å². The van der Waals surface area contributed by atoms with Crippen molar-refractivity contribution in [3.8, 4) is 0 Å². The van der Waals surface area contributed by atoms with Crippen LogP contribution in [0.15, 0.2) is 30.3 Å². The Bertz CT molecular complexity index is 2120. The second-order valence-corrected chi connectivity index (χ2v) is 21.4. The highest BCUT2D eigenvalue weighted by atomic mass is 16.3. The number of carbonyl (C=O) groups is 10. The quantitative estimate of drug-likeness (QED) is 0.0609. The molecule has 3 rings (SSSR count). The molecule has 18 N–H and O–H groups in total. The number of carbonyl (C=O) groups excluding carboxylic acids is 10. The molecule has 23 nitrogen and oxygen atoms in total. The second kappa shape index (κ2) is 33.7. The van der Waals surface area contributed by atoms with Crippen LogP contribution in [0.3, 0.4) is 0 Å². The molecule has 1 aliphatic heterocycles. The molecule has 2 unspecified atom stereocenters. The molecule has 0 spiro atoms. The van der Waals surface area contributed by atoms with Crippen LogP contribution in [0.5, 0.6) is 0 Å². The highest BCUT2D eigenvalue weighted by Crippen LogP contribution is 2.27. The van der Waals surface area contributed by atoms with Crippen molar-refractivity contribution in [1.82, 2.24) is 31.9 Å². The lowest BCUT2D eigenvalue weighted by atomic mass is 9.80. The largest absolute Gasteiger partial charge is 0.393 e. The fraction of sp³-hybridized carbons (Fsp3) is 0.704. The van der Waals surface area contributed by atoms with E-state index in [1.54, 1.807) is 30.3 Å². The Kier molecular flexibility index (Phi) is 28.7. The van der Waals surface area contributed by atoms with E-state index < -0.39 is 138 Å². The van der Waals surface area contributed by atoms with E-state index in [1.807, 2.05) is 13.8 Å². The van der Waals surface area contributed by atoms with E-state index in [0.29, 0.717) is 31.2 Å². The average Bonchev–Trinajstić information content (AvgIpc) is 3.37. The zero-order valence-corrected chi connectivity index (χ0v) is 45.5. The van der Waals surface area contributed by atoms with Gasteiger partial charge in [-0.1, -0.05) is 44.2 Å². The lowest BCUT2D eigenvalue weighted by molar-refractivity contribution is -0.137. The number of benzene rings is 1. The Morgan fingerprint density at radius 1 is 0.649 bits per heavy atom. The van der Waals surface area contributed by atoms with E-state index in [9.17, 15) is 58.2 Å². The van der Waals surface area contributed by atoms with Crippen LogP contribution in [-0.2, 0) is 54.4 Å². The Labute approximate surface area is 452 Å². The van der Waals surface area contributed by atoms with Crippen LogP contribution >= 0.6 is 0 Å². The lowest BCUT2D eigenvalue weighted by Crippen LogP contribution is -2.57. The predicted octanol–water partition coefficient (Wildman–Crippen LogP) is -1.81. The highest BCUT2D eigenvalue weighted by Gasteiger charge is 2.38. The third kappa shape index (κ3) is 22.0. The van der Waals surface area contributed by atoms with Gasteiger partial charge in [0, 0.05) is 56.0 Å². The molecule has 0 aromatic heterocycles. The molecule has 0 bridgehead atoms. The number of hydrogen-bond acceptors (Lipinski definition) is 17. The molecule has 1 heterocycles. The smallest absolute Gasteiger partial charge is 0.243 e. The molecule has 6 amide bonds. The van der Waals surface area contributed by atoms with Crippen LogP contribution in [0.25, 0.3) is 0 Å². The van der Waals surface area contributed by atoms with Crippen molar-refractivity contribution in [2.75, 3.05) is 32.7 Å². The van der Waals surface area contributed by atoms with Crippen LogP contribution in [-0.4, -0.2) is 150 Å². The van der Waals surface area contributed by atoms with Gasteiger partial charge in [-0.05, 0) is 122 Å². The molecular formula is C54H89N11O12. The number of ketones is 4. The number of aliphatic hydroxyl groups is 2. The van der Waals surface area contributed by atoms with Crippen LogP contribution in [0.2, 0.25) is 0 Å². The Morgan fingerprint density at radius 3 is 1.74 bits per heavy atom. The summed E-state index contributed by atoms with van der Waals surface area (Å²) < 4.78 is 0. The van der Waals surface area contributed by atoms with Crippen molar-refractivity contribution in [2.24, 2.45) is 64.2 Å². The second-order valence-electron chi connectivity index (χ2n) is 21.4. The Hall–Kier alpha value is -5.56. The van der Waals surface area contributed by atoms with E-state index >= 15 is 0 Å².